The van der Waals surface area contributed by atoms with Crippen LogP contribution in [-0.2, 0) is 30.3 Å². The summed E-state index contributed by atoms with van der Waals surface area (Å²) in [5.41, 5.74) is 0.924. The maximum atomic E-state index is 14.6. The molecule has 0 heterocycles. The van der Waals surface area contributed by atoms with Crippen LogP contribution in [0.25, 0.3) is 0 Å². The number of rotatable bonds is 17. The Labute approximate surface area is 294 Å². The van der Waals surface area contributed by atoms with Gasteiger partial charge in [0.1, 0.15) is 29.3 Å². The van der Waals surface area contributed by atoms with Crippen molar-refractivity contribution in [1.82, 2.24) is 15.5 Å². The van der Waals surface area contributed by atoms with Crippen LogP contribution < -0.4 is 10.6 Å². The molecular weight excluding hydrogens is 618 g/mol. The third kappa shape index (κ3) is 15.0. The van der Waals surface area contributed by atoms with Gasteiger partial charge >= 0.3 is 12.1 Å². The van der Waals surface area contributed by atoms with Crippen LogP contribution in [0.5, 0.6) is 0 Å². The van der Waals surface area contributed by atoms with Gasteiger partial charge in [0.25, 0.3) is 0 Å². The lowest BCUT2D eigenvalue weighted by molar-refractivity contribution is -0.159. The normalized spacial score (nSPS) is 13.6. The van der Waals surface area contributed by atoms with Crippen molar-refractivity contribution in [2.45, 2.75) is 144 Å². The minimum atomic E-state index is -1.08. The van der Waals surface area contributed by atoms with Gasteiger partial charge in [-0.3, -0.25) is 9.59 Å². The van der Waals surface area contributed by atoms with Gasteiger partial charge in [-0.25, -0.2) is 9.59 Å². The smallest absolute Gasteiger partial charge is 0.408 e. The average Bonchev–Trinajstić information content (AvgIpc) is 2.99. The number of ether oxygens (including phenoxy) is 2. The number of carbonyl (C=O) groups excluding carboxylic acids is 4. The molecule has 0 spiro atoms. The SMILES string of the molecule is CCCCCCCCN(C(=O)C(NC(=O)OC(C)(C)C)C(C)C)C(C(=O)NC(Cc1ccccc1)C(=O)OC(C)(C)C)c1ccc(C)cc1. The number of benzene rings is 2. The summed E-state index contributed by atoms with van der Waals surface area (Å²) in [5.74, 6) is -1.77. The summed E-state index contributed by atoms with van der Waals surface area (Å²) in [7, 11) is 0. The van der Waals surface area contributed by atoms with E-state index in [-0.39, 0.29) is 18.9 Å². The van der Waals surface area contributed by atoms with E-state index in [2.05, 4.69) is 17.6 Å². The highest BCUT2D eigenvalue weighted by Crippen LogP contribution is 2.26. The Morgan fingerprint density at radius 1 is 0.755 bits per heavy atom. The van der Waals surface area contributed by atoms with Crippen molar-refractivity contribution in [3.63, 3.8) is 0 Å². The van der Waals surface area contributed by atoms with Gasteiger partial charge in [-0.15, -0.1) is 0 Å². The number of nitrogens with zero attached hydrogens (tertiary/aromatic N) is 1. The Bertz CT molecular complexity index is 1330. The van der Waals surface area contributed by atoms with Crippen LogP contribution in [0.3, 0.4) is 0 Å². The number of nitrogens with one attached hydrogen (secondary N) is 2. The first-order chi connectivity index (χ1) is 22.9. The van der Waals surface area contributed by atoms with Crippen LogP contribution >= 0.6 is 0 Å². The summed E-state index contributed by atoms with van der Waals surface area (Å²) in [6, 6.07) is 13.9. The number of unbranched alkanes of at least 4 members (excludes halogenated alkanes) is 5. The Morgan fingerprint density at radius 2 is 1.33 bits per heavy atom. The number of hydrogen-bond donors (Lipinski definition) is 2. The number of alkyl carbamates (subject to hydrolysis) is 1. The van der Waals surface area contributed by atoms with E-state index < -0.39 is 53.2 Å². The highest BCUT2D eigenvalue weighted by atomic mass is 16.6. The Kier molecular flexibility index (Phi) is 16.3. The Balaban J connectivity index is 2.60. The monoisotopic (exact) mass is 679 g/mol. The molecule has 3 unspecified atom stereocenters. The summed E-state index contributed by atoms with van der Waals surface area (Å²) >= 11 is 0. The van der Waals surface area contributed by atoms with Crippen molar-refractivity contribution in [2.75, 3.05) is 6.54 Å². The molecule has 0 bridgehead atoms. The number of carbonyl (C=O) groups is 4. The summed E-state index contributed by atoms with van der Waals surface area (Å²) < 4.78 is 11.3. The molecule has 49 heavy (non-hydrogen) atoms. The molecule has 2 aromatic rings. The maximum absolute atomic E-state index is 14.6. The molecular formula is C40H61N3O6. The van der Waals surface area contributed by atoms with Gasteiger partial charge in [0, 0.05) is 13.0 Å². The maximum Gasteiger partial charge on any atom is 0.408 e. The van der Waals surface area contributed by atoms with Gasteiger partial charge in [0.15, 0.2) is 0 Å². The van der Waals surface area contributed by atoms with E-state index in [4.69, 9.17) is 9.47 Å². The molecule has 0 fully saturated rings. The summed E-state index contributed by atoms with van der Waals surface area (Å²) in [6.45, 7) is 18.7. The van der Waals surface area contributed by atoms with Crippen LogP contribution in [0.15, 0.2) is 54.6 Å². The molecule has 2 rings (SSSR count). The van der Waals surface area contributed by atoms with Gasteiger partial charge < -0.3 is 25.0 Å². The van der Waals surface area contributed by atoms with Crippen LogP contribution in [0, 0.1) is 12.8 Å². The molecule has 3 amide bonds. The molecule has 0 aliphatic carbocycles. The Morgan fingerprint density at radius 3 is 1.88 bits per heavy atom. The lowest BCUT2D eigenvalue weighted by Crippen LogP contribution is -2.56. The largest absolute Gasteiger partial charge is 0.458 e. The van der Waals surface area contributed by atoms with Gasteiger partial charge in [-0.2, -0.15) is 0 Å². The molecule has 0 aliphatic heterocycles. The fourth-order valence-electron chi connectivity index (χ4n) is 5.44. The third-order valence-electron chi connectivity index (χ3n) is 7.88. The van der Waals surface area contributed by atoms with E-state index >= 15 is 0 Å². The fourth-order valence-corrected chi connectivity index (χ4v) is 5.44. The van der Waals surface area contributed by atoms with Crippen LogP contribution in [0.4, 0.5) is 4.79 Å². The van der Waals surface area contributed by atoms with E-state index in [0.29, 0.717) is 12.0 Å². The molecule has 0 aromatic heterocycles. The number of aryl methyl sites for hydroxylation is 1. The topological polar surface area (TPSA) is 114 Å². The van der Waals surface area contributed by atoms with E-state index in [1.165, 1.54) is 0 Å². The molecule has 2 N–H and O–H groups in total. The quantitative estimate of drug-likeness (QED) is 0.130. The molecule has 3 atom stereocenters. The standard InChI is InChI=1S/C40H61N3O6/c1-11-12-13-14-15-19-26-43(36(45)33(28(2)3)42-38(47)49-40(8,9)10)34(31-24-22-29(4)23-25-31)35(44)41-32(37(46)48-39(5,6)7)27-30-20-17-16-18-21-30/h16-18,20-25,28,32-34H,11-15,19,26-27H2,1-10H3,(H,41,44)(H,42,47). The first kappa shape index (κ1) is 41.3. The molecule has 0 aliphatic rings. The van der Waals surface area contributed by atoms with Gasteiger partial charge in [-0.05, 0) is 71.9 Å². The zero-order valence-electron chi connectivity index (χ0n) is 31.6. The summed E-state index contributed by atoms with van der Waals surface area (Å²) in [5, 5.41) is 5.76. The van der Waals surface area contributed by atoms with Gasteiger partial charge in [-0.1, -0.05) is 113 Å². The molecule has 0 saturated carbocycles. The minimum absolute atomic E-state index is 0.211. The van der Waals surface area contributed by atoms with Crippen molar-refractivity contribution in [1.29, 1.82) is 0 Å². The van der Waals surface area contributed by atoms with Crippen molar-refractivity contribution < 1.29 is 28.7 Å². The van der Waals surface area contributed by atoms with Crippen molar-refractivity contribution >= 4 is 23.9 Å². The number of esters is 1. The first-order valence-electron chi connectivity index (χ1n) is 17.9. The van der Waals surface area contributed by atoms with Crippen molar-refractivity contribution in [2.24, 2.45) is 5.92 Å². The van der Waals surface area contributed by atoms with E-state index in [1.54, 1.807) is 46.4 Å². The van der Waals surface area contributed by atoms with E-state index in [9.17, 15) is 19.2 Å². The van der Waals surface area contributed by atoms with Crippen LogP contribution in [0.1, 0.15) is 124 Å². The summed E-state index contributed by atoms with van der Waals surface area (Å²) in [4.78, 5) is 57.3. The number of amides is 3. The first-order valence-corrected chi connectivity index (χ1v) is 17.9. The predicted octanol–water partition coefficient (Wildman–Crippen LogP) is 7.84. The molecule has 0 radical (unpaired) electrons. The molecule has 0 saturated heterocycles. The highest BCUT2D eigenvalue weighted by Gasteiger charge is 2.39. The van der Waals surface area contributed by atoms with Crippen molar-refractivity contribution in [3.05, 3.63) is 71.3 Å². The Hall–Kier alpha value is -3.88. The second-order valence-corrected chi connectivity index (χ2v) is 15.3. The fraction of sp³-hybridized carbons (Fsp3) is 0.600. The van der Waals surface area contributed by atoms with E-state index in [1.807, 2.05) is 75.4 Å². The molecule has 2 aromatic carbocycles. The molecule has 9 heteroatoms. The average molecular weight is 680 g/mol. The second kappa shape index (κ2) is 19.3. The molecule has 272 valence electrons. The van der Waals surface area contributed by atoms with Gasteiger partial charge in [0.2, 0.25) is 11.8 Å². The lowest BCUT2D eigenvalue weighted by Gasteiger charge is -2.36. The second-order valence-electron chi connectivity index (χ2n) is 15.3. The minimum Gasteiger partial charge on any atom is -0.458 e. The van der Waals surface area contributed by atoms with E-state index in [0.717, 1.165) is 43.2 Å². The summed E-state index contributed by atoms with van der Waals surface area (Å²) in [6.07, 6.45) is 5.42. The third-order valence-corrected chi connectivity index (χ3v) is 7.88. The molecule has 9 nitrogen and oxygen atoms in total. The zero-order valence-corrected chi connectivity index (χ0v) is 31.6. The van der Waals surface area contributed by atoms with Crippen LogP contribution in [-0.4, -0.2) is 58.6 Å². The van der Waals surface area contributed by atoms with Crippen LogP contribution in [0.2, 0.25) is 0 Å². The zero-order chi connectivity index (χ0) is 36.8. The van der Waals surface area contributed by atoms with Gasteiger partial charge in [0.05, 0.1) is 0 Å². The predicted molar refractivity (Wildman–Crippen MR) is 195 cm³/mol. The van der Waals surface area contributed by atoms with Crippen molar-refractivity contribution in [3.8, 4) is 0 Å². The highest BCUT2D eigenvalue weighted by molar-refractivity contribution is 5.94. The lowest BCUT2D eigenvalue weighted by atomic mass is 9.97. The number of hydrogen-bond acceptors (Lipinski definition) is 6.